The smallest absolute Gasteiger partial charge is 0.308 e. The Morgan fingerprint density at radius 2 is 1.82 bits per heavy atom. The molecule has 2 rings (SSSR count). The first-order valence-corrected chi connectivity index (χ1v) is 7.11. The molecule has 2 atom stereocenters. The summed E-state index contributed by atoms with van der Waals surface area (Å²) in [5, 5.41) is 9.36. The van der Waals surface area contributed by atoms with Gasteiger partial charge in [0, 0.05) is 12.6 Å². The molecular formula is C14H25NO2. The Labute approximate surface area is 104 Å². The molecule has 98 valence electrons. The maximum Gasteiger partial charge on any atom is 0.308 e. The molecule has 0 aromatic carbocycles. The molecule has 2 unspecified atom stereocenters. The summed E-state index contributed by atoms with van der Waals surface area (Å²) in [5.74, 6) is 0.109. The van der Waals surface area contributed by atoms with Gasteiger partial charge in [0.15, 0.2) is 0 Å². The van der Waals surface area contributed by atoms with Crippen molar-refractivity contribution in [2.45, 2.75) is 57.4 Å². The second-order valence-electron chi connectivity index (χ2n) is 5.89. The van der Waals surface area contributed by atoms with E-state index in [0.29, 0.717) is 0 Å². The highest BCUT2D eigenvalue weighted by atomic mass is 16.4. The van der Waals surface area contributed by atoms with Gasteiger partial charge >= 0.3 is 5.97 Å². The van der Waals surface area contributed by atoms with Crippen LogP contribution in [-0.2, 0) is 4.79 Å². The molecule has 2 fully saturated rings. The number of nitrogens with zero attached hydrogens (tertiary/aromatic N) is 1. The van der Waals surface area contributed by atoms with Crippen LogP contribution in [0, 0.1) is 11.8 Å². The maximum absolute atomic E-state index is 11.4. The SMILES string of the molecule is CN(CC1CCC1)C1CCCCCC1C(=O)O. The second-order valence-corrected chi connectivity index (χ2v) is 5.89. The summed E-state index contributed by atoms with van der Waals surface area (Å²) < 4.78 is 0. The van der Waals surface area contributed by atoms with E-state index >= 15 is 0 Å². The fraction of sp³-hybridized carbons (Fsp3) is 0.929. The third kappa shape index (κ3) is 3.21. The third-order valence-electron chi connectivity index (χ3n) is 4.63. The topological polar surface area (TPSA) is 40.5 Å². The van der Waals surface area contributed by atoms with E-state index in [1.807, 2.05) is 0 Å². The molecule has 0 amide bonds. The summed E-state index contributed by atoms with van der Waals surface area (Å²) >= 11 is 0. The van der Waals surface area contributed by atoms with E-state index in [1.165, 1.54) is 32.1 Å². The van der Waals surface area contributed by atoms with Crippen molar-refractivity contribution in [1.29, 1.82) is 0 Å². The fourth-order valence-corrected chi connectivity index (χ4v) is 3.32. The van der Waals surface area contributed by atoms with Crippen LogP contribution >= 0.6 is 0 Å². The highest BCUT2D eigenvalue weighted by Gasteiger charge is 2.33. The minimum Gasteiger partial charge on any atom is -0.481 e. The predicted octanol–water partition coefficient (Wildman–Crippen LogP) is 2.75. The first kappa shape index (κ1) is 12.9. The Morgan fingerprint density at radius 1 is 1.12 bits per heavy atom. The van der Waals surface area contributed by atoms with Crippen molar-refractivity contribution in [3.05, 3.63) is 0 Å². The van der Waals surface area contributed by atoms with Gasteiger partial charge in [-0.05, 0) is 38.6 Å². The Bertz CT molecular complexity index is 263. The average Bonchev–Trinajstić information content (AvgIpc) is 2.48. The van der Waals surface area contributed by atoms with Crippen LogP contribution in [0.4, 0.5) is 0 Å². The Hall–Kier alpha value is -0.570. The first-order valence-electron chi connectivity index (χ1n) is 7.11. The Balaban J connectivity index is 1.94. The number of hydrogen-bond acceptors (Lipinski definition) is 2. The zero-order chi connectivity index (χ0) is 12.3. The molecule has 3 nitrogen and oxygen atoms in total. The minimum absolute atomic E-state index is 0.137. The summed E-state index contributed by atoms with van der Waals surface area (Å²) in [5.41, 5.74) is 0. The molecule has 0 aliphatic heterocycles. The summed E-state index contributed by atoms with van der Waals surface area (Å²) in [6, 6.07) is 0.274. The molecule has 3 heteroatoms. The minimum atomic E-state index is -0.586. The standard InChI is InChI=1S/C14H25NO2/c1-15(10-11-6-5-7-11)13-9-4-2-3-8-12(13)14(16)17/h11-13H,2-10H2,1H3,(H,16,17). The molecule has 2 aliphatic carbocycles. The molecule has 0 aromatic heterocycles. The third-order valence-corrected chi connectivity index (χ3v) is 4.63. The van der Waals surface area contributed by atoms with Crippen LogP contribution in [0.1, 0.15) is 51.4 Å². The van der Waals surface area contributed by atoms with Crippen LogP contribution in [0.2, 0.25) is 0 Å². The molecular weight excluding hydrogens is 214 g/mol. The largest absolute Gasteiger partial charge is 0.481 e. The predicted molar refractivity (Wildman–Crippen MR) is 68.0 cm³/mol. The van der Waals surface area contributed by atoms with Gasteiger partial charge in [0.1, 0.15) is 0 Å². The summed E-state index contributed by atoms with van der Waals surface area (Å²) in [6.45, 7) is 1.11. The highest BCUT2D eigenvalue weighted by molar-refractivity contribution is 5.70. The van der Waals surface area contributed by atoms with E-state index in [9.17, 15) is 9.90 Å². The van der Waals surface area contributed by atoms with Crippen molar-refractivity contribution in [2.24, 2.45) is 11.8 Å². The van der Waals surface area contributed by atoms with Gasteiger partial charge in [0.25, 0.3) is 0 Å². The summed E-state index contributed by atoms with van der Waals surface area (Å²) in [4.78, 5) is 13.7. The van der Waals surface area contributed by atoms with Gasteiger partial charge in [-0.3, -0.25) is 4.79 Å². The van der Waals surface area contributed by atoms with Crippen LogP contribution in [-0.4, -0.2) is 35.6 Å². The number of aliphatic carboxylic acids is 1. The lowest BCUT2D eigenvalue weighted by atomic mass is 9.84. The molecule has 2 aliphatic rings. The number of hydrogen-bond donors (Lipinski definition) is 1. The first-order chi connectivity index (χ1) is 8.18. The molecule has 1 N–H and O–H groups in total. The van der Waals surface area contributed by atoms with Crippen molar-refractivity contribution in [2.75, 3.05) is 13.6 Å². The molecule has 0 saturated heterocycles. The van der Waals surface area contributed by atoms with E-state index < -0.39 is 5.97 Å². The normalized spacial score (nSPS) is 30.9. The quantitative estimate of drug-likeness (QED) is 0.767. The van der Waals surface area contributed by atoms with Gasteiger partial charge in [0.05, 0.1) is 5.92 Å². The van der Waals surface area contributed by atoms with Gasteiger partial charge < -0.3 is 10.0 Å². The number of carboxylic acids is 1. The van der Waals surface area contributed by atoms with Crippen molar-refractivity contribution in [3.63, 3.8) is 0 Å². The van der Waals surface area contributed by atoms with Crippen LogP contribution in [0.5, 0.6) is 0 Å². The summed E-state index contributed by atoms with van der Waals surface area (Å²) in [7, 11) is 2.13. The number of carbonyl (C=O) groups is 1. The number of carboxylic acid groups (broad SMARTS) is 1. The zero-order valence-electron chi connectivity index (χ0n) is 10.9. The number of rotatable bonds is 4. The van der Waals surface area contributed by atoms with Crippen LogP contribution in [0.3, 0.4) is 0 Å². The molecule has 0 aromatic rings. The fourth-order valence-electron chi connectivity index (χ4n) is 3.32. The average molecular weight is 239 g/mol. The van der Waals surface area contributed by atoms with E-state index in [1.54, 1.807) is 0 Å². The maximum atomic E-state index is 11.4. The molecule has 0 spiro atoms. The second kappa shape index (κ2) is 5.85. The lowest BCUT2D eigenvalue weighted by Gasteiger charge is -2.36. The van der Waals surface area contributed by atoms with Crippen LogP contribution < -0.4 is 0 Å². The van der Waals surface area contributed by atoms with Gasteiger partial charge in [0.2, 0.25) is 0 Å². The van der Waals surface area contributed by atoms with E-state index in [0.717, 1.165) is 31.7 Å². The van der Waals surface area contributed by atoms with Crippen molar-refractivity contribution < 1.29 is 9.90 Å². The molecule has 0 radical (unpaired) electrons. The zero-order valence-corrected chi connectivity index (χ0v) is 10.9. The van der Waals surface area contributed by atoms with Crippen LogP contribution in [0.15, 0.2) is 0 Å². The van der Waals surface area contributed by atoms with Gasteiger partial charge in [-0.15, -0.1) is 0 Å². The van der Waals surface area contributed by atoms with Crippen molar-refractivity contribution >= 4 is 5.97 Å². The van der Waals surface area contributed by atoms with Crippen LogP contribution in [0.25, 0.3) is 0 Å². The van der Waals surface area contributed by atoms with Gasteiger partial charge in [-0.2, -0.15) is 0 Å². The van der Waals surface area contributed by atoms with E-state index in [4.69, 9.17) is 0 Å². The van der Waals surface area contributed by atoms with E-state index in [-0.39, 0.29) is 12.0 Å². The Morgan fingerprint density at radius 3 is 2.41 bits per heavy atom. The van der Waals surface area contributed by atoms with Gasteiger partial charge in [-0.25, -0.2) is 0 Å². The monoisotopic (exact) mass is 239 g/mol. The Kier molecular flexibility index (Phi) is 4.43. The summed E-state index contributed by atoms with van der Waals surface area (Å²) in [6.07, 6.45) is 9.48. The molecule has 0 heterocycles. The lowest BCUT2D eigenvalue weighted by Crippen LogP contribution is -2.44. The van der Waals surface area contributed by atoms with Gasteiger partial charge in [-0.1, -0.05) is 25.7 Å². The molecule has 17 heavy (non-hydrogen) atoms. The van der Waals surface area contributed by atoms with Crippen molar-refractivity contribution in [1.82, 2.24) is 4.90 Å². The highest BCUT2D eigenvalue weighted by Crippen LogP contribution is 2.31. The van der Waals surface area contributed by atoms with Crippen molar-refractivity contribution in [3.8, 4) is 0 Å². The lowest BCUT2D eigenvalue weighted by molar-refractivity contribution is -0.144. The molecule has 2 saturated carbocycles. The molecule has 0 bridgehead atoms. The van der Waals surface area contributed by atoms with E-state index in [2.05, 4.69) is 11.9 Å².